The lowest BCUT2D eigenvalue weighted by Crippen LogP contribution is -2.52. The molecule has 0 aliphatic carbocycles. The summed E-state index contributed by atoms with van der Waals surface area (Å²) in [5, 5.41) is 13.1. The van der Waals surface area contributed by atoms with E-state index >= 15 is 0 Å². The molecule has 4 N–H and O–H groups in total. The molecular formula is C21H28N2O3. The lowest BCUT2D eigenvalue weighted by atomic mass is 9.96. The van der Waals surface area contributed by atoms with Crippen LogP contribution in [0.15, 0.2) is 54.6 Å². The lowest BCUT2D eigenvalue weighted by molar-refractivity contribution is -0.126. The van der Waals surface area contributed by atoms with Gasteiger partial charge in [-0.25, -0.2) is 0 Å². The third-order valence-electron chi connectivity index (χ3n) is 4.24. The predicted molar refractivity (Wildman–Crippen MR) is 103 cm³/mol. The maximum absolute atomic E-state index is 12.1. The molecular weight excluding hydrogens is 328 g/mol. The van der Waals surface area contributed by atoms with Gasteiger partial charge in [0.2, 0.25) is 5.91 Å². The van der Waals surface area contributed by atoms with Crippen LogP contribution in [0.2, 0.25) is 0 Å². The van der Waals surface area contributed by atoms with E-state index in [1.54, 1.807) is 19.1 Å². The van der Waals surface area contributed by atoms with Crippen molar-refractivity contribution in [3.05, 3.63) is 65.7 Å². The molecule has 0 saturated heterocycles. The minimum absolute atomic E-state index is 0.109. The first-order valence-electron chi connectivity index (χ1n) is 8.94. The van der Waals surface area contributed by atoms with Crippen molar-refractivity contribution in [3.63, 3.8) is 0 Å². The van der Waals surface area contributed by atoms with E-state index in [9.17, 15) is 9.90 Å². The number of ether oxygens (including phenoxy) is 1. The summed E-state index contributed by atoms with van der Waals surface area (Å²) in [7, 11) is 0. The molecule has 1 amide bonds. The second kappa shape index (κ2) is 9.36. The Bertz CT molecular complexity index is 701. The molecule has 2 unspecified atom stereocenters. The molecule has 0 fully saturated rings. The zero-order valence-corrected chi connectivity index (χ0v) is 15.4. The molecule has 2 rings (SSSR count). The number of carbonyl (C=O) groups is 1. The number of aliphatic hydroxyl groups is 1. The summed E-state index contributed by atoms with van der Waals surface area (Å²) in [4.78, 5) is 12.1. The van der Waals surface area contributed by atoms with Crippen LogP contribution in [0.25, 0.3) is 0 Å². The van der Waals surface area contributed by atoms with E-state index in [1.165, 1.54) is 0 Å². The van der Waals surface area contributed by atoms with Gasteiger partial charge in [-0.15, -0.1) is 0 Å². The number of nitrogens with one attached hydrogen (secondary N) is 1. The van der Waals surface area contributed by atoms with Crippen LogP contribution in [-0.2, 0) is 11.4 Å². The Hall–Kier alpha value is -2.37. The fourth-order valence-corrected chi connectivity index (χ4v) is 2.69. The van der Waals surface area contributed by atoms with Crippen LogP contribution in [0.4, 0.5) is 0 Å². The van der Waals surface area contributed by atoms with Crippen LogP contribution in [0.1, 0.15) is 43.9 Å². The maximum Gasteiger partial charge on any atom is 0.239 e. The standard InChI is InChI=1S/C21H28N2O3/c1-3-12-21(2,22)20(25)23-14-19(24)17-10-7-11-18(13-17)26-15-16-8-5-4-6-9-16/h4-11,13,19,24H,3,12,14-15,22H2,1-2H3,(H,23,25). The zero-order chi connectivity index (χ0) is 19.0. The predicted octanol–water partition coefficient (Wildman–Crippen LogP) is 2.93. The van der Waals surface area contributed by atoms with Gasteiger partial charge in [-0.1, -0.05) is 55.8 Å². The highest BCUT2D eigenvalue weighted by atomic mass is 16.5. The maximum atomic E-state index is 12.1. The van der Waals surface area contributed by atoms with Gasteiger partial charge in [-0.2, -0.15) is 0 Å². The Morgan fingerprint density at radius 1 is 1.23 bits per heavy atom. The van der Waals surface area contributed by atoms with E-state index in [0.29, 0.717) is 24.3 Å². The Balaban J connectivity index is 1.91. The van der Waals surface area contributed by atoms with Gasteiger partial charge >= 0.3 is 0 Å². The van der Waals surface area contributed by atoms with Gasteiger partial charge in [0.05, 0.1) is 11.6 Å². The van der Waals surface area contributed by atoms with Crippen LogP contribution >= 0.6 is 0 Å². The van der Waals surface area contributed by atoms with Crippen LogP contribution in [0, 0.1) is 0 Å². The molecule has 0 saturated carbocycles. The fraction of sp³-hybridized carbons (Fsp3) is 0.381. The van der Waals surface area contributed by atoms with Gasteiger partial charge in [0, 0.05) is 6.54 Å². The molecule has 0 aliphatic heterocycles. The SMILES string of the molecule is CCCC(C)(N)C(=O)NCC(O)c1cccc(OCc2ccccc2)c1. The van der Waals surface area contributed by atoms with Crippen LogP contribution in [0.3, 0.4) is 0 Å². The molecule has 0 aliphatic rings. The highest BCUT2D eigenvalue weighted by molar-refractivity contribution is 5.85. The topological polar surface area (TPSA) is 84.6 Å². The molecule has 2 aromatic carbocycles. The molecule has 140 valence electrons. The summed E-state index contributed by atoms with van der Waals surface area (Å²) in [6.45, 7) is 4.25. The average Bonchev–Trinajstić information content (AvgIpc) is 2.65. The van der Waals surface area contributed by atoms with Crippen molar-refractivity contribution in [1.29, 1.82) is 0 Å². The number of hydrogen-bond acceptors (Lipinski definition) is 4. The van der Waals surface area contributed by atoms with Crippen molar-refractivity contribution in [2.45, 2.75) is 44.9 Å². The lowest BCUT2D eigenvalue weighted by Gasteiger charge is -2.24. The summed E-state index contributed by atoms with van der Waals surface area (Å²) in [6, 6.07) is 17.1. The summed E-state index contributed by atoms with van der Waals surface area (Å²) in [6.07, 6.45) is 0.596. The van der Waals surface area contributed by atoms with Gasteiger partial charge in [-0.3, -0.25) is 4.79 Å². The number of nitrogens with two attached hydrogens (primary N) is 1. The van der Waals surface area contributed by atoms with Gasteiger partial charge in [-0.05, 0) is 36.6 Å². The van der Waals surface area contributed by atoms with Gasteiger partial charge < -0.3 is 20.9 Å². The molecule has 0 radical (unpaired) electrons. The number of rotatable bonds is 9. The summed E-state index contributed by atoms with van der Waals surface area (Å²) in [5.74, 6) is 0.418. The van der Waals surface area contributed by atoms with Crippen molar-refractivity contribution in [2.75, 3.05) is 6.54 Å². The Labute approximate surface area is 155 Å². The van der Waals surface area contributed by atoms with Crippen molar-refractivity contribution in [1.82, 2.24) is 5.32 Å². The fourth-order valence-electron chi connectivity index (χ4n) is 2.69. The summed E-state index contributed by atoms with van der Waals surface area (Å²) >= 11 is 0. The van der Waals surface area contributed by atoms with E-state index in [1.807, 2.05) is 49.4 Å². The Morgan fingerprint density at radius 3 is 2.65 bits per heavy atom. The summed E-state index contributed by atoms with van der Waals surface area (Å²) in [5.41, 5.74) is 6.84. The highest BCUT2D eigenvalue weighted by Gasteiger charge is 2.27. The van der Waals surface area contributed by atoms with Crippen molar-refractivity contribution in [3.8, 4) is 5.75 Å². The number of amides is 1. The number of benzene rings is 2. The normalized spacial score (nSPS) is 14.3. The molecule has 26 heavy (non-hydrogen) atoms. The minimum Gasteiger partial charge on any atom is -0.489 e. The number of aliphatic hydroxyl groups excluding tert-OH is 1. The average molecular weight is 356 g/mol. The Kier molecular flexibility index (Phi) is 7.18. The zero-order valence-electron chi connectivity index (χ0n) is 15.4. The second-order valence-corrected chi connectivity index (χ2v) is 6.74. The van der Waals surface area contributed by atoms with E-state index in [-0.39, 0.29) is 12.5 Å². The first-order valence-corrected chi connectivity index (χ1v) is 8.94. The highest BCUT2D eigenvalue weighted by Crippen LogP contribution is 2.20. The molecule has 5 heteroatoms. The quantitative estimate of drug-likeness (QED) is 0.645. The van der Waals surface area contributed by atoms with E-state index in [4.69, 9.17) is 10.5 Å². The van der Waals surface area contributed by atoms with Crippen LogP contribution in [0.5, 0.6) is 5.75 Å². The van der Waals surface area contributed by atoms with Gasteiger partial charge in [0.15, 0.2) is 0 Å². The van der Waals surface area contributed by atoms with Gasteiger partial charge in [0.1, 0.15) is 12.4 Å². The monoisotopic (exact) mass is 356 g/mol. The molecule has 0 aromatic heterocycles. The molecule has 5 nitrogen and oxygen atoms in total. The van der Waals surface area contributed by atoms with E-state index in [2.05, 4.69) is 5.32 Å². The third-order valence-corrected chi connectivity index (χ3v) is 4.24. The number of carbonyl (C=O) groups excluding carboxylic acids is 1. The summed E-state index contributed by atoms with van der Waals surface area (Å²) < 4.78 is 5.78. The molecule has 2 aromatic rings. The van der Waals surface area contributed by atoms with Gasteiger partial charge in [0.25, 0.3) is 0 Å². The molecule has 0 spiro atoms. The molecule has 0 heterocycles. The van der Waals surface area contributed by atoms with Crippen LogP contribution < -0.4 is 15.8 Å². The van der Waals surface area contributed by atoms with Crippen molar-refractivity contribution < 1.29 is 14.6 Å². The van der Waals surface area contributed by atoms with Crippen molar-refractivity contribution in [2.24, 2.45) is 5.73 Å². The first kappa shape index (κ1) is 19.9. The number of hydrogen-bond donors (Lipinski definition) is 3. The molecule has 0 bridgehead atoms. The first-order chi connectivity index (χ1) is 12.4. The van der Waals surface area contributed by atoms with E-state index in [0.717, 1.165) is 12.0 Å². The largest absolute Gasteiger partial charge is 0.489 e. The minimum atomic E-state index is -0.922. The third kappa shape index (κ3) is 5.86. The Morgan fingerprint density at radius 2 is 1.96 bits per heavy atom. The van der Waals surface area contributed by atoms with Crippen molar-refractivity contribution >= 4 is 5.91 Å². The smallest absolute Gasteiger partial charge is 0.239 e. The van der Waals surface area contributed by atoms with E-state index < -0.39 is 11.6 Å². The second-order valence-electron chi connectivity index (χ2n) is 6.74. The molecule has 2 atom stereocenters. The van der Waals surface area contributed by atoms with Crippen LogP contribution in [-0.4, -0.2) is 23.1 Å².